The van der Waals surface area contributed by atoms with Gasteiger partial charge in [-0.1, -0.05) is 46.0 Å². The van der Waals surface area contributed by atoms with Crippen molar-refractivity contribution in [1.29, 1.82) is 0 Å². The Labute approximate surface area is 124 Å². The third-order valence-electron chi connectivity index (χ3n) is 4.12. The topological polar surface area (TPSA) is 41.1 Å². The van der Waals surface area contributed by atoms with Crippen LogP contribution in [0.2, 0.25) is 0 Å². The zero-order valence-electron chi connectivity index (χ0n) is 12.7. The summed E-state index contributed by atoms with van der Waals surface area (Å²) in [7, 11) is 0. The predicted molar refractivity (Wildman–Crippen MR) is 83.8 cm³/mol. The smallest absolute Gasteiger partial charge is 0.220 e. The summed E-state index contributed by atoms with van der Waals surface area (Å²) in [5.74, 6) is 1.54. The SMILES string of the molecule is CCN[C@H](C)CNC(=O)CC(C)C1CCCCC1.Cl. The van der Waals surface area contributed by atoms with Crippen molar-refractivity contribution in [2.24, 2.45) is 11.8 Å². The molecule has 0 aromatic heterocycles. The molecule has 2 N–H and O–H groups in total. The van der Waals surface area contributed by atoms with Crippen molar-refractivity contribution in [1.82, 2.24) is 10.6 Å². The minimum absolute atomic E-state index is 0. The second kappa shape index (κ2) is 10.5. The molecule has 0 aromatic carbocycles. The van der Waals surface area contributed by atoms with Crippen LogP contribution in [0.3, 0.4) is 0 Å². The first-order chi connectivity index (χ1) is 8.63. The fraction of sp³-hybridized carbons (Fsp3) is 0.933. The van der Waals surface area contributed by atoms with Gasteiger partial charge >= 0.3 is 0 Å². The summed E-state index contributed by atoms with van der Waals surface area (Å²) in [6, 6.07) is 0.365. The highest BCUT2D eigenvalue weighted by Gasteiger charge is 2.22. The fourth-order valence-electron chi connectivity index (χ4n) is 2.92. The van der Waals surface area contributed by atoms with Crippen LogP contribution in [0.25, 0.3) is 0 Å². The van der Waals surface area contributed by atoms with Gasteiger partial charge in [0.05, 0.1) is 0 Å². The molecule has 4 heteroatoms. The van der Waals surface area contributed by atoms with Crippen LogP contribution in [0.1, 0.15) is 59.3 Å². The van der Waals surface area contributed by atoms with E-state index in [2.05, 4.69) is 31.4 Å². The molecule has 1 aliphatic carbocycles. The van der Waals surface area contributed by atoms with Crippen molar-refractivity contribution in [3.63, 3.8) is 0 Å². The molecule has 19 heavy (non-hydrogen) atoms. The van der Waals surface area contributed by atoms with E-state index in [4.69, 9.17) is 0 Å². The van der Waals surface area contributed by atoms with E-state index in [1.54, 1.807) is 0 Å². The number of nitrogens with one attached hydrogen (secondary N) is 2. The number of amides is 1. The summed E-state index contributed by atoms with van der Waals surface area (Å²) in [6.45, 7) is 8.13. The van der Waals surface area contributed by atoms with Gasteiger partial charge in [0, 0.05) is 19.0 Å². The summed E-state index contributed by atoms with van der Waals surface area (Å²) in [6.07, 6.45) is 7.44. The molecule has 1 amide bonds. The second-order valence-corrected chi connectivity index (χ2v) is 5.84. The Hall–Kier alpha value is -0.280. The Morgan fingerprint density at radius 1 is 1.21 bits per heavy atom. The molecule has 0 aliphatic heterocycles. The lowest BCUT2D eigenvalue weighted by atomic mass is 9.79. The molecule has 3 nitrogen and oxygen atoms in total. The quantitative estimate of drug-likeness (QED) is 0.756. The van der Waals surface area contributed by atoms with Crippen molar-refractivity contribution in [2.45, 2.75) is 65.3 Å². The van der Waals surface area contributed by atoms with Crippen LogP contribution >= 0.6 is 12.4 Å². The van der Waals surface area contributed by atoms with Crippen LogP contribution in [0.4, 0.5) is 0 Å². The lowest BCUT2D eigenvalue weighted by molar-refractivity contribution is -0.122. The first-order valence-corrected chi connectivity index (χ1v) is 7.63. The van der Waals surface area contributed by atoms with Gasteiger partial charge in [-0.15, -0.1) is 12.4 Å². The molecule has 0 radical (unpaired) electrons. The Morgan fingerprint density at radius 3 is 2.42 bits per heavy atom. The monoisotopic (exact) mass is 290 g/mol. The minimum Gasteiger partial charge on any atom is -0.355 e. The number of halogens is 1. The Morgan fingerprint density at radius 2 is 1.84 bits per heavy atom. The third-order valence-corrected chi connectivity index (χ3v) is 4.12. The van der Waals surface area contributed by atoms with Crippen molar-refractivity contribution in [3.05, 3.63) is 0 Å². The van der Waals surface area contributed by atoms with E-state index >= 15 is 0 Å². The van der Waals surface area contributed by atoms with Crippen molar-refractivity contribution < 1.29 is 4.79 Å². The van der Waals surface area contributed by atoms with Crippen LogP contribution in [0.5, 0.6) is 0 Å². The van der Waals surface area contributed by atoms with Crippen molar-refractivity contribution >= 4 is 18.3 Å². The average Bonchev–Trinajstić information content (AvgIpc) is 2.38. The molecule has 0 saturated heterocycles. The van der Waals surface area contributed by atoms with Crippen LogP contribution in [-0.2, 0) is 4.79 Å². The zero-order valence-corrected chi connectivity index (χ0v) is 13.5. The zero-order chi connectivity index (χ0) is 13.4. The van der Waals surface area contributed by atoms with Crippen molar-refractivity contribution in [2.75, 3.05) is 13.1 Å². The van der Waals surface area contributed by atoms with E-state index < -0.39 is 0 Å². The largest absolute Gasteiger partial charge is 0.355 e. The van der Waals surface area contributed by atoms with Crippen LogP contribution < -0.4 is 10.6 Å². The molecule has 0 bridgehead atoms. The first kappa shape index (κ1) is 18.7. The van der Waals surface area contributed by atoms with Gasteiger partial charge in [-0.2, -0.15) is 0 Å². The summed E-state index contributed by atoms with van der Waals surface area (Å²) < 4.78 is 0. The molecule has 0 aromatic rings. The highest BCUT2D eigenvalue weighted by atomic mass is 35.5. The normalized spacial score (nSPS) is 19.3. The van der Waals surface area contributed by atoms with E-state index in [0.717, 1.165) is 19.0 Å². The molecular formula is C15H31ClN2O. The first-order valence-electron chi connectivity index (χ1n) is 7.63. The van der Waals surface area contributed by atoms with Gasteiger partial charge in [-0.3, -0.25) is 4.79 Å². The molecule has 0 spiro atoms. The molecule has 1 fully saturated rings. The molecule has 1 rings (SSSR count). The number of rotatable bonds is 7. The summed E-state index contributed by atoms with van der Waals surface area (Å²) in [5, 5.41) is 6.34. The molecular weight excluding hydrogens is 260 g/mol. The molecule has 2 atom stereocenters. The van der Waals surface area contributed by atoms with Crippen LogP contribution in [-0.4, -0.2) is 25.0 Å². The minimum atomic E-state index is 0. The molecule has 1 unspecified atom stereocenters. The van der Waals surface area contributed by atoms with E-state index in [-0.39, 0.29) is 18.3 Å². The van der Waals surface area contributed by atoms with Gasteiger partial charge in [-0.05, 0) is 25.3 Å². The highest BCUT2D eigenvalue weighted by molar-refractivity contribution is 5.85. The number of carbonyl (C=O) groups excluding carboxylic acids is 1. The van der Waals surface area contributed by atoms with Gasteiger partial charge in [0.25, 0.3) is 0 Å². The predicted octanol–water partition coefficient (Wildman–Crippen LogP) is 3.13. The maximum atomic E-state index is 11.9. The van der Waals surface area contributed by atoms with Crippen LogP contribution in [0.15, 0.2) is 0 Å². The molecule has 114 valence electrons. The number of carbonyl (C=O) groups is 1. The summed E-state index contributed by atoms with van der Waals surface area (Å²) in [4.78, 5) is 11.9. The molecule has 1 aliphatic rings. The second-order valence-electron chi connectivity index (χ2n) is 5.84. The lowest BCUT2D eigenvalue weighted by Crippen LogP contribution is -2.39. The standard InChI is InChI=1S/C15H30N2O.ClH/c1-4-16-13(3)11-17-15(18)10-12(2)14-8-6-5-7-9-14;/h12-14,16H,4-11H2,1-3H3,(H,17,18);1H/t12?,13-;/m1./s1. The maximum Gasteiger partial charge on any atom is 0.220 e. The molecule has 0 heterocycles. The van der Waals surface area contributed by atoms with Crippen LogP contribution in [0, 0.1) is 11.8 Å². The van der Waals surface area contributed by atoms with Gasteiger partial charge in [0.1, 0.15) is 0 Å². The summed E-state index contributed by atoms with van der Waals surface area (Å²) in [5.41, 5.74) is 0. The fourth-order valence-corrected chi connectivity index (χ4v) is 2.92. The Balaban J connectivity index is 0.00000324. The molecule has 1 saturated carbocycles. The van der Waals surface area contributed by atoms with Crippen molar-refractivity contribution in [3.8, 4) is 0 Å². The number of likely N-dealkylation sites (N-methyl/N-ethyl adjacent to an activating group) is 1. The average molecular weight is 291 g/mol. The van der Waals surface area contributed by atoms with E-state index in [1.165, 1.54) is 32.1 Å². The van der Waals surface area contributed by atoms with Gasteiger partial charge in [0.15, 0.2) is 0 Å². The highest BCUT2D eigenvalue weighted by Crippen LogP contribution is 2.31. The maximum absolute atomic E-state index is 11.9. The number of hydrogen-bond acceptors (Lipinski definition) is 2. The Kier molecular flexibility index (Phi) is 10.3. The van der Waals surface area contributed by atoms with Gasteiger partial charge in [0.2, 0.25) is 5.91 Å². The van der Waals surface area contributed by atoms with E-state index in [0.29, 0.717) is 18.4 Å². The van der Waals surface area contributed by atoms with Gasteiger partial charge < -0.3 is 10.6 Å². The lowest BCUT2D eigenvalue weighted by Gasteiger charge is -2.27. The summed E-state index contributed by atoms with van der Waals surface area (Å²) >= 11 is 0. The number of hydrogen-bond donors (Lipinski definition) is 2. The Bertz CT molecular complexity index is 242. The van der Waals surface area contributed by atoms with E-state index in [9.17, 15) is 4.79 Å². The third kappa shape index (κ3) is 7.78. The van der Waals surface area contributed by atoms with E-state index in [1.807, 2.05) is 0 Å². The van der Waals surface area contributed by atoms with Gasteiger partial charge in [-0.25, -0.2) is 0 Å².